The Hall–Kier alpha value is -2.95. The van der Waals surface area contributed by atoms with Crippen molar-refractivity contribution in [1.29, 1.82) is 5.41 Å². The van der Waals surface area contributed by atoms with Crippen LogP contribution in [-0.2, 0) is 32.3 Å². The van der Waals surface area contributed by atoms with Crippen LogP contribution in [0.1, 0.15) is 17.5 Å². The SMILES string of the molecule is N=C(CC(=O)OCc1ccccc1)C(=O)OCc1ccccc1. The molecule has 0 aliphatic heterocycles. The van der Waals surface area contributed by atoms with Gasteiger partial charge in [0.25, 0.3) is 0 Å². The van der Waals surface area contributed by atoms with Crippen molar-refractivity contribution in [3.05, 3.63) is 71.8 Å². The fourth-order valence-electron chi connectivity index (χ4n) is 1.82. The van der Waals surface area contributed by atoms with Crippen molar-refractivity contribution < 1.29 is 19.1 Å². The van der Waals surface area contributed by atoms with Crippen LogP contribution in [0.4, 0.5) is 0 Å². The predicted octanol–water partition coefficient (Wildman–Crippen LogP) is 2.88. The van der Waals surface area contributed by atoms with E-state index in [9.17, 15) is 9.59 Å². The maximum Gasteiger partial charge on any atom is 0.352 e. The van der Waals surface area contributed by atoms with Crippen LogP contribution in [-0.4, -0.2) is 17.7 Å². The number of rotatable bonds is 7. The summed E-state index contributed by atoms with van der Waals surface area (Å²) in [4.78, 5) is 23.3. The summed E-state index contributed by atoms with van der Waals surface area (Å²) in [6.45, 7) is 0.188. The van der Waals surface area contributed by atoms with Crippen molar-refractivity contribution in [3.8, 4) is 0 Å². The molecule has 0 heterocycles. The fourth-order valence-corrected chi connectivity index (χ4v) is 1.82. The fraction of sp³-hybridized carbons (Fsp3) is 0.167. The molecular weight excluding hydrogens is 294 g/mol. The van der Waals surface area contributed by atoms with Gasteiger partial charge in [-0.2, -0.15) is 0 Å². The van der Waals surface area contributed by atoms with Gasteiger partial charge in [-0.3, -0.25) is 10.2 Å². The Kier molecular flexibility index (Phi) is 6.06. The minimum absolute atomic E-state index is 0.0706. The van der Waals surface area contributed by atoms with Crippen molar-refractivity contribution in [3.63, 3.8) is 0 Å². The minimum Gasteiger partial charge on any atom is -0.461 e. The van der Waals surface area contributed by atoms with E-state index in [4.69, 9.17) is 14.9 Å². The summed E-state index contributed by atoms with van der Waals surface area (Å²) < 4.78 is 10.0. The van der Waals surface area contributed by atoms with Gasteiger partial charge in [-0.25, -0.2) is 4.79 Å². The molecule has 0 aliphatic carbocycles. The third-order valence-corrected chi connectivity index (χ3v) is 3.02. The first-order valence-corrected chi connectivity index (χ1v) is 7.13. The van der Waals surface area contributed by atoms with E-state index in [2.05, 4.69) is 0 Å². The van der Waals surface area contributed by atoms with Gasteiger partial charge in [0.05, 0.1) is 6.42 Å². The van der Waals surface area contributed by atoms with Crippen LogP contribution < -0.4 is 0 Å². The average molecular weight is 311 g/mol. The van der Waals surface area contributed by atoms with Crippen LogP contribution in [0.25, 0.3) is 0 Å². The Labute approximate surface area is 134 Å². The normalized spacial score (nSPS) is 9.91. The minimum atomic E-state index is -0.814. The molecule has 118 valence electrons. The van der Waals surface area contributed by atoms with Crippen LogP contribution in [0, 0.1) is 5.41 Å². The maximum absolute atomic E-state index is 11.7. The lowest BCUT2D eigenvalue weighted by atomic mass is 10.2. The Bertz CT molecular complexity index is 668. The Morgan fingerprint density at radius 2 is 1.26 bits per heavy atom. The van der Waals surface area contributed by atoms with Gasteiger partial charge in [-0.1, -0.05) is 60.7 Å². The Morgan fingerprint density at radius 3 is 1.78 bits per heavy atom. The van der Waals surface area contributed by atoms with E-state index in [0.29, 0.717) is 0 Å². The van der Waals surface area contributed by atoms with Gasteiger partial charge in [-0.15, -0.1) is 0 Å². The van der Waals surface area contributed by atoms with E-state index in [0.717, 1.165) is 11.1 Å². The average Bonchev–Trinajstić information content (AvgIpc) is 2.59. The van der Waals surface area contributed by atoms with Gasteiger partial charge in [0.1, 0.15) is 18.9 Å². The van der Waals surface area contributed by atoms with Crippen LogP contribution in [0.2, 0.25) is 0 Å². The molecule has 0 amide bonds. The van der Waals surface area contributed by atoms with E-state index in [1.165, 1.54) is 0 Å². The summed E-state index contributed by atoms with van der Waals surface area (Å²) in [5.41, 5.74) is 1.25. The number of ether oxygens (including phenoxy) is 2. The lowest BCUT2D eigenvalue weighted by molar-refractivity contribution is -0.145. The second-order valence-electron chi connectivity index (χ2n) is 4.86. The topological polar surface area (TPSA) is 76.5 Å². The van der Waals surface area contributed by atoms with E-state index in [-0.39, 0.29) is 13.2 Å². The second kappa shape index (κ2) is 8.48. The maximum atomic E-state index is 11.7. The molecule has 0 fully saturated rings. The summed E-state index contributed by atoms with van der Waals surface area (Å²) in [5, 5.41) is 7.60. The van der Waals surface area contributed by atoms with Crippen molar-refractivity contribution in [2.24, 2.45) is 0 Å². The van der Waals surface area contributed by atoms with Gasteiger partial charge >= 0.3 is 11.9 Å². The van der Waals surface area contributed by atoms with Gasteiger partial charge < -0.3 is 9.47 Å². The Balaban J connectivity index is 1.72. The first-order valence-electron chi connectivity index (χ1n) is 7.13. The van der Waals surface area contributed by atoms with E-state index >= 15 is 0 Å². The van der Waals surface area contributed by atoms with Crippen molar-refractivity contribution in [2.75, 3.05) is 0 Å². The first kappa shape index (κ1) is 16.4. The van der Waals surface area contributed by atoms with E-state index in [1.54, 1.807) is 0 Å². The van der Waals surface area contributed by atoms with Gasteiger partial charge in [0.2, 0.25) is 0 Å². The van der Waals surface area contributed by atoms with Crippen LogP contribution in [0.3, 0.4) is 0 Å². The lowest BCUT2D eigenvalue weighted by Crippen LogP contribution is -2.21. The molecule has 0 spiro atoms. The molecule has 0 aromatic heterocycles. The van der Waals surface area contributed by atoms with Gasteiger partial charge in [-0.05, 0) is 11.1 Å². The number of carbonyl (C=O) groups is 2. The quantitative estimate of drug-likeness (QED) is 0.630. The number of benzene rings is 2. The standard InChI is InChI=1S/C18H17NO4/c19-16(18(21)23-13-15-9-5-2-6-10-15)11-17(20)22-12-14-7-3-1-4-8-14/h1-10,19H,11-13H2. The molecule has 5 nitrogen and oxygen atoms in total. The van der Waals surface area contributed by atoms with Crippen molar-refractivity contribution in [2.45, 2.75) is 19.6 Å². The molecule has 2 aromatic carbocycles. The van der Waals surface area contributed by atoms with Crippen LogP contribution in [0.15, 0.2) is 60.7 Å². The highest BCUT2D eigenvalue weighted by atomic mass is 16.5. The molecule has 5 heteroatoms. The smallest absolute Gasteiger partial charge is 0.352 e. The number of nitrogens with one attached hydrogen (secondary N) is 1. The number of esters is 2. The zero-order chi connectivity index (χ0) is 16.5. The molecule has 2 rings (SSSR count). The molecular formula is C18H17NO4. The first-order chi connectivity index (χ1) is 11.1. The molecule has 23 heavy (non-hydrogen) atoms. The third-order valence-electron chi connectivity index (χ3n) is 3.02. The summed E-state index contributed by atoms with van der Waals surface area (Å²) in [5.74, 6) is -1.44. The molecule has 0 unspecified atom stereocenters. The summed E-state index contributed by atoms with van der Waals surface area (Å²) in [7, 11) is 0. The molecule has 2 aromatic rings. The molecule has 1 N–H and O–H groups in total. The molecule has 0 bridgehead atoms. The predicted molar refractivity (Wildman–Crippen MR) is 84.8 cm³/mol. The lowest BCUT2D eigenvalue weighted by Gasteiger charge is -2.07. The highest BCUT2D eigenvalue weighted by molar-refractivity contribution is 6.38. The zero-order valence-electron chi connectivity index (χ0n) is 12.5. The van der Waals surface area contributed by atoms with Gasteiger partial charge in [0.15, 0.2) is 0 Å². The molecule has 0 radical (unpaired) electrons. The third kappa shape index (κ3) is 5.74. The molecule has 0 saturated carbocycles. The summed E-state index contributed by atoms with van der Waals surface area (Å²) in [6.07, 6.45) is -0.402. The molecule has 0 atom stereocenters. The van der Waals surface area contributed by atoms with E-state index in [1.807, 2.05) is 60.7 Å². The monoisotopic (exact) mass is 311 g/mol. The van der Waals surface area contributed by atoms with Crippen molar-refractivity contribution in [1.82, 2.24) is 0 Å². The molecule has 0 aliphatic rings. The van der Waals surface area contributed by atoms with Gasteiger partial charge in [0, 0.05) is 0 Å². The summed E-state index contributed by atoms with van der Waals surface area (Å²) in [6, 6.07) is 18.3. The number of hydrogen-bond donors (Lipinski definition) is 1. The zero-order valence-corrected chi connectivity index (χ0v) is 12.5. The molecule has 0 saturated heterocycles. The highest BCUT2D eigenvalue weighted by Gasteiger charge is 2.16. The van der Waals surface area contributed by atoms with Crippen molar-refractivity contribution >= 4 is 17.7 Å². The number of hydrogen-bond acceptors (Lipinski definition) is 5. The van der Waals surface area contributed by atoms with E-state index < -0.39 is 24.1 Å². The largest absolute Gasteiger partial charge is 0.461 e. The second-order valence-corrected chi connectivity index (χ2v) is 4.86. The van der Waals surface area contributed by atoms with Crippen LogP contribution >= 0.6 is 0 Å². The Morgan fingerprint density at radius 1 is 0.783 bits per heavy atom. The number of carbonyl (C=O) groups excluding carboxylic acids is 2. The van der Waals surface area contributed by atoms with Crippen LogP contribution in [0.5, 0.6) is 0 Å². The highest BCUT2D eigenvalue weighted by Crippen LogP contribution is 2.04. The summed E-state index contributed by atoms with van der Waals surface area (Å²) >= 11 is 0.